The van der Waals surface area contributed by atoms with Crippen LogP contribution in [0.4, 0.5) is 0 Å². The Morgan fingerprint density at radius 1 is 1.60 bits per heavy atom. The monoisotopic (exact) mass is 226 g/mol. The average molecular weight is 227 g/mol. The number of hydrogen-bond donors (Lipinski definition) is 1. The van der Waals surface area contributed by atoms with E-state index in [9.17, 15) is 4.79 Å². The zero-order valence-corrected chi connectivity index (χ0v) is 9.93. The first-order valence-corrected chi connectivity index (χ1v) is 5.26. The van der Waals surface area contributed by atoms with Crippen molar-refractivity contribution in [3.8, 4) is 0 Å². The van der Waals surface area contributed by atoms with Crippen molar-refractivity contribution in [2.75, 3.05) is 0 Å². The van der Waals surface area contributed by atoms with Crippen molar-refractivity contribution in [1.82, 2.24) is 10.3 Å². The number of carbonyl (C=O) groups is 1. The second-order valence-electron chi connectivity index (χ2n) is 4.05. The van der Waals surface area contributed by atoms with Crippen molar-refractivity contribution in [1.29, 1.82) is 0 Å². The molecule has 4 heteroatoms. The van der Waals surface area contributed by atoms with Crippen molar-refractivity contribution < 1.29 is 4.79 Å². The maximum Gasteiger partial charge on any atom is 0.254 e. The van der Waals surface area contributed by atoms with Crippen molar-refractivity contribution in [3.05, 3.63) is 29.0 Å². The first kappa shape index (κ1) is 12.0. The van der Waals surface area contributed by atoms with Crippen LogP contribution in [0, 0.1) is 0 Å². The molecule has 0 unspecified atom stereocenters. The van der Waals surface area contributed by atoms with E-state index in [1.54, 1.807) is 12.3 Å². The zero-order valence-electron chi connectivity index (χ0n) is 9.17. The highest BCUT2D eigenvalue weighted by Gasteiger charge is 2.20. The molecule has 0 aromatic carbocycles. The van der Waals surface area contributed by atoms with Crippen molar-refractivity contribution >= 4 is 17.5 Å². The maximum atomic E-state index is 11.8. The van der Waals surface area contributed by atoms with E-state index in [4.69, 9.17) is 11.6 Å². The van der Waals surface area contributed by atoms with Gasteiger partial charge in [0.05, 0.1) is 10.6 Å². The number of nitrogens with one attached hydrogen (secondary N) is 1. The molecule has 1 rings (SSSR count). The third-order valence-corrected chi connectivity index (χ3v) is 2.68. The third kappa shape index (κ3) is 3.20. The minimum absolute atomic E-state index is 0.181. The predicted molar refractivity (Wildman–Crippen MR) is 61.1 cm³/mol. The van der Waals surface area contributed by atoms with Crippen LogP contribution in [0.1, 0.15) is 37.6 Å². The summed E-state index contributed by atoms with van der Waals surface area (Å²) < 4.78 is 0. The van der Waals surface area contributed by atoms with Crippen molar-refractivity contribution in [3.63, 3.8) is 0 Å². The van der Waals surface area contributed by atoms with Gasteiger partial charge in [0.25, 0.3) is 5.91 Å². The Morgan fingerprint density at radius 2 is 2.27 bits per heavy atom. The van der Waals surface area contributed by atoms with Gasteiger partial charge in [0.1, 0.15) is 0 Å². The van der Waals surface area contributed by atoms with Gasteiger partial charge in [-0.1, -0.05) is 18.5 Å². The SMILES string of the molecule is CCC(C)(C)NC(=O)c1cnccc1Cl. The van der Waals surface area contributed by atoms with E-state index in [2.05, 4.69) is 10.3 Å². The number of hydrogen-bond acceptors (Lipinski definition) is 2. The number of amides is 1. The van der Waals surface area contributed by atoms with Gasteiger partial charge >= 0.3 is 0 Å². The van der Waals surface area contributed by atoms with Crippen LogP contribution in [0.25, 0.3) is 0 Å². The minimum atomic E-state index is -0.226. The fraction of sp³-hybridized carbons (Fsp3) is 0.455. The van der Waals surface area contributed by atoms with Gasteiger partial charge < -0.3 is 5.32 Å². The van der Waals surface area contributed by atoms with Crippen LogP contribution in [-0.2, 0) is 0 Å². The molecule has 0 radical (unpaired) electrons. The number of nitrogens with zero attached hydrogens (tertiary/aromatic N) is 1. The highest BCUT2D eigenvalue weighted by atomic mass is 35.5. The molecule has 1 N–H and O–H groups in total. The summed E-state index contributed by atoms with van der Waals surface area (Å²) in [4.78, 5) is 15.7. The molecule has 0 saturated carbocycles. The van der Waals surface area contributed by atoms with Crippen LogP contribution < -0.4 is 5.32 Å². The van der Waals surface area contributed by atoms with Crippen LogP contribution in [0.15, 0.2) is 18.5 Å². The molecule has 1 aromatic heterocycles. The quantitative estimate of drug-likeness (QED) is 0.861. The van der Waals surface area contributed by atoms with Crippen LogP contribution in [0.2, 0.25) is 5.02 Å². The van der Waals surface area contributed by atoms with Crippen LogP contribution in [0.5, 0.6) is 0 Å². The maximum absolute atomic E-state index is 11.8. The van der Waals surface area contributed by atoms with Gasteiger partial charge in [-0.25, -0.2) is 0 Å². The Morgan fingerprint density at radius 3 is 2.80 bits per heavy atom. The van der Waals surface area contributed by atoms with Crippen LogP contribution >= 0.6 is 11.6 Å². The van der Waals surface area contributed by atoms with E-state index in [0.717, 1.165) is 6.42 Å². The van der Waals surface area contributed by atoms with Gasteiger partial charge in [-0.2, -0.15) is 0 Å². The number of aromatic nitrogens is 1. The topological polar surface area (TPSA) is 42.0 Å². The lowest BCUT2D eigenvalue weighted by Crippen LogP contribution is -2.42. The molecular weight excluding hydrogens is 212 g/mol. The summed E-state index contributed by atoms with van der Waals surface area (Å²) in [5, 5.41) is 3.33. The fourth-order valence-corrected chi connectivity index (χ4v) is 1.20. The smallest absolute Gasteiger partial charge is 0.254 e. The lowest BCUT2D eigenvalue weighted by molar-refractivity contribution is 0.0911. The van der Waals surface area contributed by atoms with Gasteiger partial charge in [-0.3, -0.25) is 9.78 Å². The standard InChI is InChI=1S/C11H15ClN2O/c1-4-11(2,3)14-10(15)8-7-13-6-5-9(8)12/h5-7H,4H2,1-3H3,(H,14,15). The van der Waals surface area contributed by atoms with Gasteiger partial charge in [-0.05, 0) is 26.3 Å². The molecule has 82 valence electrons. The van der Waals surface area contributed by atoms with Gasteiger partial charge in [0.15, 0.2) is 0 Å². The molecule has 1 aromatic rings. The van der Waals surface area contributed by atoms with Crippen LogP contribution in [0.3, 0.4) is 0 Å². The summed E-state index contributed by atoms with van der Waals surface area (Å²) in [5.74, 6) is -0.181. The Bertz CT molecular complexity index is 363. The Labute approximate surface area is 94.9 Å². The molecule has 15 heavy (non-hydrogen) atoms. The van der Waals surface area contributed by atoms with E-state index < -0.39 is 0 Å². The minimum Gasteiger partial charge on any atom is -0.347 e. The first-order chi connectivity index (χ1) is 6.96. The largest absolute Gasteiger partial charge is 0.347 e. The average Bonchev–Trinajstić information content (AvgIpc) is 2.17. The molecule has 0 bridgehead atoms. The molecule has 0 saturated heterocycles. The summed E-state index contributed by atoms with van der Waals surface area (Å²) in [6, 6.07) is 1.61. The van der Waals surface area contributed by atoms with Crippen molar-refractivity contribution in [2.24, 2.45) is 0 Å². The molecule has 0 spiro atoms. The molecule has 1 heterocycles. The van der Waals surface area contributed by atoms with E-state index in [-0.39, 0.29) is 11.4 Å². The Kier molecular flexibility index (Phi) is 3.69. The number of rotatable bonds is 3. The fourth-order valence-electron chi connectivity index (χ4n) is 1.01. The van der Waals surface area contributed by atoms with E-state index in [0.29, 0.717) is 10.6 Å². The molecule has 0 aliphatic heterocycles. The van der Waals surface area contributed by atoms with Gasteiger partial charge in [0.2, 0.25) is 0 Å². The lowest BCUT2D eigenvalue weighted by atomic mass is 10.0. The highest BCUT2D eigenvalue weighted by molar-refractivity contribution is 6.33. The summed E-state index contributed by atoms with van der Waals surface area (Å²) >= 11 is 5.89. The summed E-state index contributed by atoms with van der Waals surface area (Å²) in [6.07, 6.45) is 3.89. The lowest BCUT2D eigenvalue weighted by Gasteiger charge is -2.24. The molecule has 3 nitrogen and oxygen atoms in total. The van der Waals surface area contributed by atoms with Gasteiger partial charge in [0, 0.05) is 17.9 Å². The third-order valence-electron chi connectivity index (χ3n) is 2.35. The normalized spacial score (nSPS) is 11.2. The summed E-state index contributed by atoms with van der Waals surface area (Å²) in [5.41, 5.74) is 0.191. The molecule has 0 aliphatic carbocycles. The summed E-state index contributed by atoms with van der Waals surface area (Å²) in [6.45, 7) is 5.95. The Hall–Kier alpha value is -1.09. The first-order valence-electron chi connectivity index (χ1n) is 4.88. The molecular formula is C11H15ClN2O. The predicted octanol–water partition coefficient (Wildman–Crippen LogP) is 2.65. The summed E-state index contributed by atoms with van der Waals surface area (Å²) in [7, 11) is 0. The number of carbonyl (C=O) groups excluding carboxylic acids is 1. The van der Waals surface area contributed by atoms with E-state index >= 15 is 0 Å². The second-order valence-corrected chi connectivity index (χ2v) is 4.45. The van der Waals surface area contributed by atoms with Crippen molar-refractivity contribution in [2.45, 2.75) is 32.7 Å². The highest BCUT2D eigenvalue weighted by Crippen LogP contribution is 2.15. The molecule has 0 aliphatic rings. The number of pyridine rings is 1. The molecule has 0 atom stereocenters. The zero-order chi connectivity index (χ0) is 11.5. The second kappa shape index (κ2) is 4.62. The van der Waals surface area contributed by atoms with Gasteiger partial charge in [-0.15, -0.1) is 0 Å². The van der Waals surface area contributed by atoms with Crippen LogP contribution in [-0.4, -0.2) is 16.4 Å². The molecule has 1 amide bonds. The Balaban J connectivity index is 2.83. The molecule has 0 fully saturated rings. The van der Waals surface area contributed by atoms with E-state index in [1.807, 2.05) is 20.8 Å². The van der Waals surface area contributed by atoms with E-state index in [1.165, 1.54) is 6.20 Å². The number of halogens is 1.